The number of benzene rings is 1. The zero-order valence-electron chi connectivity index (χ0n) is 11.1. The van der Waals surface area contributed by atoms with E-state index in [0.29, 0.717) is 0 Å². The van der Waals surface area contributed by atoms with Crippen LogP contribution in [0.15, 0.2) is 18.2 Å². The second kappa shape index (κ2) is 7.46. The van der Waals surface area contributed by atoms with E-state index in [2.05, 4.69) is 5.32 Å². The third-order valence-corrected chi connectivity index (χ3v) is 3.55. The minimum atomic E-state index is -0.630. The Morgan fingerprint density at radius 1 is 1.42 bits per heavy atom. The van der Waals surface area contributed by atoms with Crippen LogP contribution < -0.4 is 5.32 Å². The summed E-state index contributed by atoms with van der Waals surface area (Å²) in [5, 5.41) is 12.5. The summed E-state index contributed by atoms with van der Waals surface area (Å²) in [7, 11) is 0. The summed E-state index contributed by atoms with van der Waals surface area (Å²) in [6.45, 7) is 4.15. The van der Waals surface area contributed by atoms with Crippen molar-refractivity contribution in [3.63, 3.8) is 0 Å². The van der Waals surface area contributed by atoms with E-state index in [1.165, 1.54) is 12.1 Å². The molecule has 0 radical (unpaired) electrons. The van der Waals surface area contributed by atoms with E-state index in [1.807, 2.05) is 13.8 Å². The van der Waals surface area contributed by atoms with Crippen molar-refractivity contribution in [2.24, 2.45) is 5.92 Å². The first-order valence-corrected chi connectivity index (χ1v) is 6.78. The molecule has 5 heteroatoms. The SMILES string of the molecule is CCC(CC)C(O)CNC(=O)c1ccc(Cl)c(F)c1. The van der Waals surface area contributed by atoms with Crippen molar-refractivity contribution in [2.45, 2.75) is 32.8 Å². The largest absolute Gasteiger partial charge is 0.391 e. The lowest BCUT2D eigenvalue weighted by atomic mass is 9.96. The van der Waals surface area contributed by atoms with Crippen LogP contribution in [-0.4, -0.2) is 23.7 Å². The predicted molar refractivity (Wildman–Crippen MR) is 73.8 cm³/mol. The lowest BCUT2D eigenvalue weighted by Crippen LogP contribution is -2.36. The molecule has 0 spiro atoms. The van der Waals surface area contributed by atoms with E-state index >= 15 is 0 Å². The summed E-state index contributed by atoms with van der Waals surface area (Å²) in [5.74, 6) is -0.891. The standard InChI is InChI=1S/C14H19ClFNO2/c1-3-9(4-2)13(18)8-17-14(19)10-5-6-11(15)12(16)7-10/h5-7,9,13,18H,3-4,8H2,1-2H3,(H,17,19). The zero-order valence-corrected chi connectivity index (χ0v) is 11.9. The van der Waals surface area contributed by atoms with Crippen LogP contribution in [0.5, 0.6) is 0 Å². The summed E-state index contributed by atoms with van der Waals surface area (Å²) in [4.78, 5) is 11.8. The Bertz CT molecular complexity index is 435. The number of amides is 1. The van der Waals surface area contributed by atoms with Gasteiger partial charge in [-0.3, -0.25) is 4.79 Å². The average molecular weight is 288 g/mol. The smallest absolute Gasteiger partial charge is 0.251 e. The molecule has 0 aliphatic heterocycles. The number of nitrogens with one attached hydrogen (secondary N) is 1. The first kappa shape index (κ1) is 15.9. The highest BCUT2D eigenvalue weighted by Crippen LogP contribution is 2.16. The van der Waals surface area contributed by atoms with Crippen LogP contribution in [0, 0.1) is 11.7 Å². The van der Waals surface area contributed by atoms with Gasteiger partial charge in [0, 0.05) is 12.1 Å². The Hall–Kier alpha value is -1.13. The van der Waals surface area contributed by atoms with Crippen molar-refractivity contribution in [1.29, 1.82) is 0 Å². The number of halogens is 2. The molecule has 19 heavy (non-hydrogen) atoms. The maximum atomic E-state index is 13.2. The van der Waals surface area contributed by atoms with Crippen LogP contribution in [-0.2, 0) is 0 Å². The van der Waals surface area contributed by atoms with Gasteiger partial charge in [-0.2, -0.15) is 0 Å². The van der Waals surface area contributed by atoms with E-state index in [0.717, 1.165) is 18.9 Å². The highest BCUT2D eigenvalue weighted by Gasteiger charge is 2.17. The van der Waals surface area contributed by atoms with Crippen molar-refractivity contribution in [3.05, 3.63) is 34.6 Å². The summed E-state index contributed by atoms with van der Waals surface area (Å²) < 4.78 is 13.2. The fourth-order valence-corrected chi connectivity index (χ4v) is 2.05. The lowest BCUT2D eigenvalue weighted by molar-refractivity contribution is 0.0816. The number of rotatable bonds is 6. The highest BCUT2D eigenvalue weighted by atomic mass is 35.5. The minimum absolute atomic E-state index is 0.0198. The van der Waals surface area contributed by atoms with Gasteiger partial charge in [-0.25, -0.2) is 4.39 Å². The number of aliphatic hydroxyl groups excluding tert-OH is 1. The molecule has 3 nitrogen and oxygen atoms in total. The maximum absolute atomic E-state index is 13.2. The molecule has 0 aliphatic rings. The summed E-state index contributed by atoms with van der Waals surface area (Å²) >= 11 is 5.55. The topological polar surface area (TPSA) is 49.3 Å². The fraction of sp³-hybridized carbons (Fsp3) is 0.500. The van der Waals surface area contributed by atoms with Crippen LogP contribution in [0.1, 0.15) is 37.0 Å². The van der Waals surface area contributed by atoms with Gasteiger partial charge in [-0.15, -0.1) is 0 Å². The molecule has 1 aromatic carbocycles. The molecule has 0 heterocycles. The highest BCUT2D eigenvalue weighted by molar-refractivity contribution is 6.30. The normalized spacial score (nSPS) is 12.5. The van der Waals surface area contributed by atoms with Gasteiger partial charge < -0.3 is 10.4 Å². The van der Waals surface area contributed by atoms with Crippen molar-refractivity contribution in [3.8, 4) is 0 Å². The van der Waals surface area contributed by atoms with Gasteiger partial charge in [0.15, 0.2) is 0 Å². The second-order valence-corrected chi connectivity index (χ2v) is 4.89. The number of hydrogen-bond acceptors (Lipinski definition) is 2. The third kappa shape index (κ3) is 4.48. The van der Waals surface area contributed by atoms with Crippen molar-refractivity contribution in [1.82, 2.24) is 5.32 Å². The molecule has 1 rings (SSSR count). The Morgan fingerprint density at radius 3 is 2.58 bits per heavy atom. The maximum Gasteiger partial charge on any atom is 0.251 e. The Kier molecular flexibility index (Phi) is 6.25. The van der Waals surface area contributed by atoms with Gasteiger partial charge in [0.1, 0.15) is 5.82 Å². The number of hydrogen-bond donors (Lipinski definition) is 2. The van der Waals surface area contributed by atoms with E-state index < -0.39 is 17.8 Å². The minimum Gasteiger partial charge on any atom is -0.391 e. The average Bonchev–Trinajstić information content (AvgIpc) is 2.40. The summed E-state index contributed by atoms with van der Waals surface area (Å²) in [5.41, 5.74) is 0.193. The van der Waals surface area contributed by atoms with E-state index in [-0.39, 0.29) is 23.0 Å². The van der Waals surface area contributed by atoms with Crippen molar-refractivity contribution < 1.29 is 14.3 Å². The van der Waals surface area contributed by atoms with Gasteiger partial charge in [0.2, 0.25) is 0 Å². The first-order chi connectivity index (χ1) is 8.99. The Morgan fingerprint density at radius 2 is 2.05 bits per heavy atom. The van der Waals surface area contributed by atoms with Crippen LogP contribution in [0.25, 0.3) is 0 Å². The van der Waals surface area contributed by atoms with Gasteiger partial charge in [-0.1, -0.05) is 38.3 Å². The molecule has 1 atom stereocenters. The Labute approximate surface area is 117 Å². The van der Waals surface area contributed by atoms with Crippen LogP contribution >= 0.6 is 11.6 Å². The van der Waals surface area contributed by atoms with Crippen LogP contribution in [0.4, 0.5) is 4.39 Å². The molecule has 0 saturated heterocycles. The number of carbonyl (C=O) groups excluding carboxylic acids is 1. The van der Waals surface area contributed by atoms with E-state index in [9.17, 15) is 14.3 Å². The van der Waals surface area contributed by atoms with Crippen molar-refractivity contribution >= 4 is 17.5 Å². The molecular weight excluding hydrogens is 269 g/mol. The second-order valence-electron chi connectivity index (χ2n) is 4.48. The quantitative estimate of drug-likeness (QED) is 0.845. The van der Waals surface area contributed by atoms with E-state index in [4.69, 9.17) is 11.6 Å². The van der Waals surface area contributed by atoms with Crippen LogP contribution in [0.3, 0.4) is 0 Å². The van der Waals surface area contributed by atoms with E-state index in [1.54, 1.807) is 0 Å². The summed E-state index contributed by atoms with van der Waals surface area (Å²) in [6, 6.07) is 3.87. The number of carbonyl (C=O) groups is 1. The summed E-state index contributed by atoms with van der Waals surface area (Å²) in [6.07, 6.45) is 1.11. The molecule has 0 aromatic heterocycles. The lowest BCUT2D eigenvalue weighted by Gasteiger charge is -2.20. The van der Waals surface area contributed by atoms with Crippen LogP contribution in [0.2, 0.25) is 5.02 Å². The fourth-order valence-electron chi connectivity index (χ4n) is 1.94. The molecule has 2 N–H and O–H groups in total. The molecule has 1 aromatic rings. The molecule has 1 amide bonds. The molecule has 0 saturated carbocycles. The first-order valence-electron chi connectivity index (χ1n) is 6.40. The Balaban J connectivity index is 2.58. The van der Waals surface area contributed by atoms with Gasteiger partial charge in [-0.05, 0) is 24.1 Å². The predicted octanol–water partition coefficient (Wildman–Crippen LogP) is 3.01. The van der Waals surface area contributed by atoms with Gasteiger partial charge in [0.25, 0.3) is 5.91 Å². The zero-order chi connectivity index (χ0) is 14.4. The van der Waals surface area contributed by atoms with Gasteiger partial charge in [0.05, 0.1) is 11.1 Å². The van der Waals surface area contributed by atoms with Gasteiger partial charge >= 0.3 is 0 Å². The molecular formula is C14H19ClFNO2. The monoisotopic (exact) mass is 287 g/mol. The third-order valence-electron chi connectivity index (χ3n) is 3.25. The molecule has 0 fully saturated rings. The molecule has 106 valence electrons. The molecule has 0 bridgehead atoms. The molecule has 1 unspecified atom stereocenters. The van der Waals surface area contributed by atoms with Crippen molar-refractivity contribution in [2.75, 3.05) is 6.54 Å². The number of aliphatic hydroxyl groups is 1. The molecule has 0 aliphatic carbocycles.